The Morgan fingerprint density at radius 1 is 0.933 bits per heavy atom. The molecule has 3 aliphatic carbocycles. The van der Waals surface area contributed by atoms with Crippen molar-refractivity contribution in [2.24, 2.45) is 5.73 Å². The molecule has 30 heavy (non-hydrogen) atoms. The molecule has 3 saturated carbocycles. The summed E-state index contributed by atoms with van der Waals surface area (Å²) >= 11 is 4.92. The van der Waals surface area contributed by atoms with Crippen molar-refractivity contribution in [1.82, 2.24) is 5.32 Å². The van der Waals surface area contributed by atoms with Gasteiger partial charge < -0.3 is 25.6 Å². The van der Waals surface area contributed by atoms with Crippen molar-refractivity contribution in [3.63, 3.8) is 0 Å². The molecular weight excluding hydrogens is 408 g/mol. The first-order valence-corrected chi connectivity index (χ1v) is 12.0. The number of carbonyl (C=O) groups excluding carboxylic acids is 2. The Kier molecular flexibility index (Phi) is 19.2. The van der Waals surface area contributed by atoms with E-state index in [1.54, 1.807) is 0 Å². The summed E-state index contributed by atoms with van der Waals surface area (Å²) in [6, 6.07) is 0. The molecule has 7 nitrogen and oxygen atoms in total. The van der Waals surface area contributed by atoms with Gasteiger partial charge in [-0.05, 0) is 77.2 Å². The molecule has 3 fully saturated rings. The van der Waals surface area contributed by atoms with Gasteiger partial charge in [0.2, 0.25) is 0 Å². The number of nitrogens with two attached hydrogens (primary N) is 1. The molecule has 4 N–H and O–H groups in total. The molecule has 0 radical (unpaired) electrons. The van der Waals surface area contributed by atoms with E-state index in [0.29, 0.717) is 0 Å². The summed E-state index contributed by atoms with van der Waals surface area (Å²) in [5.74, 6) is 0. The maximum atomic E-state index is 11.0. The quantitative estimate of drug-likeness (QED) is 0.360. The average molecular weight is 451 g/mol. The third-order valence-electron chi connectivity index (χ3n) is 5.07. The minimum absolute atomic E-state index is 0.0648. The number of amides is 1. The molecule has 0 bridgehead atoms. The van der Waals surface area contributed by atoms with E-state index in [1.807, 2.05) is 0 Å². The molecule has 0 aliphatic heterocycles. The van der Waals surface area contributed by atoms with E-state index in [9.17, 15) is 9.59 Å². The lowest BCUT2D eigenvalue weighted by Gasteiger charge is -2.25. The number of hydrogen-bond donors (Lipinski definition) is 3. The number of unbranched alkanes of at least 4 members (excludes halogenated alkanes) is 2. The molecule has 178 valence electrons. The van der Waals surface area contributed by atoms with Gasteiger partial charge in [0.25, 0.3) is 0 Å². The molecule has 0 heterocycles. The smallest absolute Gasteiger partial charge is 0.407 e. The third-order valence-corrected chi connectivity index (χ3v) is 5.16. The summed E-state index contributed by atoms with van der Waals surface area (Å²) in [6.45, 7) is 5.81. The molecule has 0 atom stereocenters. The number of hydrogen-bond acceptors (Lipinski definition) is 6. The van der Waals surface area contributed by atoms with E-state index in [4.69, 9.17) is 27.2 Å². The second kappa shape index (κ2) is 19.9. The molecule has 3 aliphatic rings. The molecule has 0 aromatic rings. The van der Waals surface area contributed by atoms with Gasteiger partial charge in [0.1, 0.15) is 12.2 Å². The predicted octanol–water partition coefficient (Wildman–Crippen LogP) is 5.26. The van der Waals surface area contributed by atoms with Crippen LogP contribution in [-0.4, -0.2) is 48.0 Å². The fraction of sp³-hybridized carbons (Fsp3) is 0.909. The van der Waals surface area contributed by atoms with Crippen LogP contribution in [0.15, 0.2) is 0 Å². The van der Waals surface area contributed by atoms with E-state index in [0.717, 1.165) is 70.9 Å². The number of nitrogens with one attached hydrogen (secondary N) is 1. The standard InChI is InChI=1S/C9H17NO2.C5H7ClO2.C4H11N.C4H8O/c1-2-3-7-10-9(11)12-8-5-4-6-8;6-5(7)8-4-2-1-3-4;1-2-3-4-5;5-4-2-1-3-4/h8H,2-7H2,1H3,(H,10,11);4H,1-3H2;2-5H2,1H3;4-5H,1-3H2. The third kappa shape index (κ3) is 17.8. The van der Waals surface area contributed by atoms with Gasteiger partial charge in [0.05, 0.1) is 6.10 Å². The average Bonchev–Trinajstić information content (AvgIpc) is 2.62. The van der Waals surface area contributed by atoms with Gasteiger partial charge in [0, 0.05) is 18.1 Å². The van der Waals surface area contributed by atoms with Crippen LogP contribution in [0, 0.1) is 0 Å². The lowest BCUT2D eigenvalue weighted by atomic mass is 9.96. The topological polar surface area (TPSA) is 111 Å². The summed E-state index contributed by atoms with van der Waals surface area (Å²) in [5, 5.41) is 11.2. The van der Waals surface area contributed by atoms with Crippen molar-refractivity contribution in [3.05, 3.63) is 0 Å². The van der Waals surface area contributed by atoms with E-state index in [2.05, 4.69) is 23.9 Å². The molecule has 0 aromatic heterocycles. The van der Waals surface area contributed by atoms with E-state index in [-0.39, 0.29) is 24.4 Å². The SMILES string of the molecule is CCCCN.CCCCNC(=O)OC1CCC1.O=C(Cl)OC1CCC1.OC1CCC1. The van der Waals surface area contributed by atoms with Crippen molar-refractivity contribution in [3.8, 4) is 0 Å². The summed E-state index contributed by atoms with van der Waals surface area (Å²) in [4.78, 5) is 21.0. The number of rotatable bonds is 7. The van der Waals surface area contributed by atoms with Gasteiger partial charge in [-0.3, -0.25) is 0 Å². The van der Waals surface area contributed by atoms with Crippen LogP contribution >= 0.6 is 11.6 Å². The van der Waals surface area contributed by atoms with Crippen LogP contribution in [0.5, 0.6) is 0 Å². The molecule has 1 amide bonds. The van der Waals surface area contributed by atoms with Gasteiger partial charge in [0.15, 0.2) is 0 Å². The Hall–Kier alpha value is -1.05. The number of aliphatic hydroxyl groups is 1. The van der Waals surface area contributed by atoms with E-state index < -0.39 is 5.43 Å². The van der Waals surface area contributed by atoms with Crippen LogP contribution in [0.3, 0.4) is 0 Å². The number of halogens is 1. The highest BCUT2D eigenvalue weighted by Gasteiger charge is 2.21. The zero-order chi connectivity index (χ0) is 22.6. The summed E-state index contributed by atoms with van der Waals surface area (Å²) < 4.78 is 9.70. The normalized spacial score (nSPS) is 17.6. The number of aliphatic hydroxyl groups excluding tert-OH is 1. The first-order chi connectivity index (χ1) is 14.4. The van der Waals surface area contributed by atoms with E-state index in [1.165, 1.54) is 25.7 Å². The summed E-state index contributed by atoms with van der Waals surface area (Å²) in [6.07, 6.45) is 14.4. The van der Waals surface area contributed by atoms with Gasteiger partial charge in [-0.25, -0.2) is 9.59 Å². The zero-order valence-corrected chi connectivity index (χ0v) is 19.6. The highest BCUT2D eigenvalue weighted by atomic mass is 35.5. The van der Waals surface area contributed by atoms with Crippen LogP contribution in [0.1, 0.15) is 97.3 Å². The highest BCUT2D eigenvalue weighted by Crippen LogP contribution is 2.22. The van der Waals surface area contributed by atoms with Crippen molar-refractivity contribution < 1.29 is 24.2 Å². The van der Waals surface area contributed by atoms with Crippen molar-refractivity contribution in [2.45, 2.75) is 116 Å². The molecule has 0 unspecified atom stereocenters. The Morgan fingerprint density at radius 3 is 1.63 bits per heavy atom. The largest absolute Gasteiger partial charge is 0.450 e. The van der Waals surface area contributed by atoms with Gasteiger partial charge in [-0.1, -0.05) is 26.7 Å². The summed E-state index contributed by atoms with van der Waals surface area (Å²) in [7, 11) is 0. The number of ether oxygens (including phenoxy) is 2. The Morgan fingerprint density at radius 2 is 1.40 bits per heavy atom. The van der Waals surface area contributed by atoms with Crippen LogP contribution in [-0.2, 0) is 9.47 Å². The van der Waals surface area contributed by atoms with Crippen molar-refractivity contribution >= 4 is 23.1 Å². The minimum atomic E-state index is -0.672. The van der Waals surface area contributed by atoms with Crippen LogP contribution in [0.2, 0.25) is 0 Å². The molecule has 8 heteroatoms. The fourth-order valence-electron chi connectivity index (χ4n) is 2.26. The number of alkyl carbamates (subject to hydrolysis) is 1. The van der Waals surface area contributed by atoms with E-state index >= 15 is 0 Å². The van der Waals surface area contributed by atoms with Crippen LogP contribution in [0.4, 0.5) is 9.59 Å². The monoisotopic (exact) mass is 450 g/mol. The highest BCUT2D eigenvalue weighted by molar-refractivity contribution is 6.61. The van der Waals surface area contributed by atoms with Gasteiger partial charge in [-0.15, -0.1) is 0 Å². The van der Waals surface area contributed by atoms with Crippen LogP contribution < -0.4 is 11.1 Å². The maximum Gasteiger partial charge on any atom is 0.407 e. The molecule has 0 aromatic carbocycles. The number of carbonyl (C=O) groups is 2. The molecule has 0 saturated heterocycles. The lowest BCUT2D eigenvalue weighted by Crippen LogP contribution is -2.32. The Balaban J connectivity index is 0.000000403. The van der Waals surface area contributed by atoms with Crippen molar-refractivity contribution in [1.29, 1.82) is 0 Å². The van der Waals surface area contributed by atoms with Crippen LogP contribution in [0.25, 0.3) is 0 Å². The first-order valence-electron chi connectivity index (χ1n) is 11.6. The van der Waals surface area contributed by atoms with Crippen molar-refractivity contribution in [2.75, 3.05) is 13.1 Å². The lowest BCUT2D eigenvalue weighted by molar-refractivity contribution is 0.0525. The fourth-order valence-corrected chi connectivity index (χ4v) is 2.39. The predicted molar refractivity (Wildman–Crippen MR) is 121 cm³/mol. The second-order valence-corrected chi connectivity index (χ2v) is 8.18. The minimum Gasteiger partial charge on any atom is -0.450 e. The van der Waals surface area contributed by atoms with Gasteiger partial charge in [-0.2, -0.15) is 0 Å². The van der Waals surface area contributed by atoms with Gasteiger partial charge >= 0.3 is 11.5 Å². The molecule has 3 rings (SSSR count). The molecular formula is C22H43ClN2O5. The first kappa shape index (κ1) is 28.9. The zero-order valence-electron chi connectivity index (χ0n) is 18.9. The Bertz CT molecular complexity index is 426. The summed E-state index contributed by atoms with van der Waals surface area (Å²) in [5.41, 5.74) is 4.47. The Labute approximate surface area is 187 Å². The maximum absolute atomic E-state index is 11.0. The second-order valence-electron chi connectivity index (χ2n) is 7.87. The molecule has 0 spiro atoms.